The molecule has 0 aliphatic carbocycles. The maximum absolute atomic E-state index is 5.79. The van der Waals surface area contributed by atoms with Gasteiger partial charge in [-0.15, -0.1) is 0 Å². The fraction of sp³-hybridized carbons (Fsp3) is 0.368. The predicted molar refractivity (Wildman–Crippen MR) is 90.2 cm³/mol. The van der Waals surface area contributed by atoms with Gasteiger partial charge in [0.2, 0.25) is 0 Å². The van der Waals surface area contributed by atoms with Gasteiger partial charge in [-0.25, -0.2) is 0 Å². The molecule has 0 bridgehead atoms. The molecule has 0 amide bonds. The van der Waals surface area contributed by atoms with E-state index in [1.54, 1.807) is 0 Å². The quantitative estimate of drug-likeness (QED) is 0.638. The molecule has 2 aromatic carbocycles. The molecular formula is C19H26N2. The minimum absolute atomic E-state index is 0.149. The summed E-state index contributed by atoms with van der Waals surface area (Å²) >= 11 is 0. The standard InChI is InChI=1S/C19H26N2/c1-13(2)17-8-6-16(7-9-17)12-19(21-20)18-10-5-14(3)11-15(18)4/h5-11,13,19,21H,12,20H2,1-4H3. The van der Waals surface area contributed by atoms with E-state index in [1.165, 1.54) is 27.8 Å². The van der Waals surface area contributed by atoms with Crippen LogP contribution in [0.25, 0.3) is 0 Å². The lowest BCUT2D eigenvalue weighted by Gasteiger charge is -2.19. The Kier molecular flexibility index (Phi) is 5.16. The molecule has 0 fully saturated rings. The molecule has 0 radical (unpaired) electrons. The van der Waals surface area contributed by atoms with Gasteiger partial charge in [-0.3, -0.25) is 11.3 Å². The van der Waals surface area contributed by atoms with E-state index in [1.807, 2.05) is 0 Å². The smallest absolute Gasteiger partial charge is 0.0502 e. The van der Waals surface area contributed by atoms with E-state index in [4.69, 9.17) is 5.84 Å². The summed E-state index contributed by atoms with van der Waals surface area (Å²) in [6.07, 6.45) is 0.902. The molecule has 2 heteroatoms. The number of aryl methyl sites for hydroxylation is 2. The van der Waals surface area contributed by atoms with Crippen LogP contribution >= 0.6 is 0 Å². The summed E-state index contributed by atoms with van der Waals surface area (Å²) < 4.78 is 0. The molecular weight excluding hydrogens is 256 g/mol. The summed E-state index contributed by atoms with van der Waals surface area (Å²) in [6, 6.07) is 15.5. The Morgan fingerprint density at radius 1 is 1.00 bits per heavy atom. The van der Waals surface area contributed by atoms with E-state index in [-0.39, 0.29) is 6.04 Å². The van der Waals surface area contributed by atoms with Crippen molar-refractivity contribution in [3.63, 3.8) is 0 Å². The molecule has 0 heterocycles. The Labute approximate surface area is 128 Å². The first-order valence-corrected chi connectivity index (χ1v) is 7.63. The Bertz CT molecular complexity index is 585. The van der Waals surface area contributed by atoms with Gasteiger partial charge in [0.15, 0.2) is 0 Å². The summed E-state index contributed by atoms with van der Waals surface area (Å²) in [5.74, 6) is 6.36. The van der Waals surface area contributed by atoms with Crippen molar-refractivity contribution in [3.05, 3.63) is 70.3 Å². The first-order valence-electron chi connectivity index (χ1n) is 7.63. The van der Waals surface area contributed by atoms with Crippen molar-refractivity contribution >= 4 is 0 Å². The van der Waals surface area contributed by atoms with Crippen molar-refractivity contribution < 1.29 is 0 Å². The summed E-state index contributed by atoms with van der Waals surface area (Å²) in [7, 11) is 0. The second-order valence-corrected chi connectivity index (χ2v) is 6.18. The lowest BCUT2D eigenvalue weighted by Crippen LogP contribution is -2.30. The van der Waals surface area contributed by atoms with Gasteiger partial charge >= 0.3 is 0 Å². The SMILES string of the molecule is Cc1ccc(C(Cc2ccc(C(C)C)cc2)NN)c(C)c1. The molecule has 2 nitrogen and oxygen atoms in total. The number of hydrogen-bond donors (Lipinski definition) is 2. The molecule has 0 aliphatic heterocycles. The van der Waals surface area contributed by atoms with Crippen LogP contribution in [0.3, 0.4) is 0 Å². The molecule has 0 aliphatic rings. The molecule has 0 saturated heterocycles. The third kappa shape index (κ3) is 3.93. The van der Waals surface area contributed by atoms with Gasteiger partial charge in [-0.2, -0.15) is 0 Å². The van der Waals surface area contributed by atoms with Crippen LogP contribution in [0.5, 0.6) is 0 Å². The van der Waals surface area contributed by atoms with Gasteiger partial charge in [-0.05, 0) is 48.4 Å². The molecule has 0 spiro atoms. The summed E-state index contributed by atoms with van der Waals surface area (Å²) in [4.78, 5) is 0. The maximum Gasteiger partial charge on any atom is 0.0502 e. The van der Waals surface area contributed by atoms with E-state index >= 15 is 0 Å². The molecule has 112 valence electrons. The molecule has 1 atom stereocenters. The van der Waals surface area contributed by atoms with E-state index in [0.29, 0.717) is 5.92 Å². The summed E-state index contributed by atoms with van der Waals surface area (Å²) in [5, 5.41) is 0. The lowest BCUT2D eigenvalue weighted by molar-refractivity contribution is 0.549. The Hall–Kier alpha value is -1.64. The Balaban J connectivity index is 2.18. The first-order chi connectivity index (χ1) is 10.0. The van der Waals surface area contributed by atoms with Gasteiger partial charge in [0, 0.05) is 0 Å². The minimum Gasteiger partial charge on any atom is -0.271 e. The highest BCUT2D eigenvalue weighted by molar-refractivity contribution is 5.34. The first kappa shape index (κ1) is 15.7. The van der Waals surface area contributed by atoms with E-state index < -0.39 is 0 Å². The van der Waals surface area contributed by atoms with Crippen LogP contribution in [0, 0.1) is 13.8 Å². The third-order valence-electron chi connectivity index (χ3n) is 4.09. The van der Waals surface area contributed by atoms with Crippen LogP contribution in [0.15, 0.2) is 42.5 Å². The maximum atomic E-state index is 5.79. The fourth-order valence-corrected chi connectivity index (χ4v) is 2.75. The van der Waals surface area contributed by atoms with Crippen molar-refractivity contribution in [1.82, 2.24) is 5.43 Å². The van der Waals surface area contributed by atoms with Crippen LogP contribution in [-0.4, -0.2) is 0 Å². The van der Waals surface area contributed by atoms with Crippen LogP contribution in [0.2, 0.25) is 0 Å². The second kappa shape index (κ2) is 6.88. The Morgan fingerprint density at radius 3 is 2.19 bits per heavy atom. The number of benzene rings is 2. The van der Waals surface area contributed by atoms with Crippen LogP contribution in [0.1, 0.15) is 53.6 Å². The van der Waals surface area contributed by atoms with E-state index in [0.717, 1.165) is 6.42 Å². The lowest BCUT2D eigenvalue weighted by atomic mass is 9.93. The number of hydrogen-bond acceptors (Lipinski definition) is 2. The Morgan fingerprint density at radius 2 is 1.67 bits per heavy atom. The van der Waals surface area contributed by atoms with Gasteiger partial charge in [0.25, 0.3) is 0 Å². The van der Waals surface area contributed by atoms with E-state index in [2.05, 4.69) is 75.6 Å². The highest BCUT2D eigenvalue weighted by Crippen LogP contribution is 2.23. The summed E-state index contributed by atoms with van der Waals surface area (Å²) in [6.45, 7) is 8.70. The second-order valence-electron chi connectivity index (χ2n) is 6.18. The monoisotopic (exact) mass is 282 g/mol. The van der Waals surface area contributed by atoms with Crippen molar-refractivity contribution in [1.29, 1.82) is 0 Å². The topological polar surface area (TPSA) is 38.0 Å². The predicted octanol–water partition coefficient (Wildman–Crippen LogP) is 4.17. The molecule has 21 heavy (non-hydrogen) atoms. The number of nitrogens with two attached hydrogens (primary N) is 1. The zero-order valence-corrected chi connectivity index (χ0v) is 13.5. The molecule has 2 aromatic rings. The molecule has 0 aromatic heterocycles. The zero-order valence-electron chi connectivity index (χ0n) is 13.5. The zero-order chi connectivity index (χ0) is 15.4. The molecule has 2 rings (SSSR count). The highest BCUT2D eigenvalue weighted by atomic mass is 15.2. The number of nitrogens with one attached hydrogen (secondary N) is 1. The molecule has 0 saturated carbocycles. The molecule has 1 unspecified atom stereocenters. The highest BCUT2D eigenvalue weighted by Gasteiger charge is 2.13. The van der Waals surface area contributed by atoms with Crippen LogP contribution in [-0.2, 0) is 6.42 Å². The van der Waals surface area contributed by atoms with Gasteiger partial charge in [0.1, 0.15) is 0 Å². The minimum atomic E-state index is 0.149. The van der Waals surface area contributed by atoms with E-state index in [9.17, 15) is 0 Å². The normalized spacial score (nSPS) is 12.7. The van der Waals surface area contributed by atoms with Gasteiger partial charge in [-0.1, -0.05) is 61.9 Å². The van der Waals surface area contributed by atoms with Crippen molar-refractivity contribution in [2.24, 2.45) is 5.84 Å². The largest absolute Gasteiger partial charge is 0.271 e. The van der Waals surface area contributed by atoms with Crippen molar-refractivity contribution in [3.8, 4) is 0 Å². The average Bonchev–Trinajstić information content (AvgIpc) is 2.46. The fourth-order valence-electron chi connectivity index (χ4n) is 2.75. The van der Waals surface area contributed by atoms with Crippen LogP contribution < -0.4 is 11.3 Å². The summed E-state index contributed by atoms with van der Waals surface area (Å²) in [5.41, 5.74) is 9.50. The van der Waals surface area contributed by atoms with Gasteiger partial charge < -0.3 is 0 Å². The van der Waals surface area contributed by atoms with Crippen LogP contribution in [0.4, 0.5) is 0 Å². The average molecular weight is 282 g/mol. The molecule has 3 N–H and O–H groups in total. The number of hydrazine groups is 1. The van der Waals surface area contributed by atoms with Gasteiger partial charge in [0.05, 0.1) is 6.04 Å². The number of rotatable bonds is 5. The van der Waals surface area contributed by atoms with Crippen molar-refractivity contribution in [2.45, 2.75) is 46.1 Å². The third-order valence-corrected chi connectivity index (χ3v) is 4.09. The van der Waals surface area contributed by atoms with Crippen molar-refractivity contribution in [2.75, 3.05) is 0 Å².